The van der Waals surface area contributed by atoms with Gasteiger partial charge < -0.3 is 14.6 Å². The van der Waals surface area contributed by atoms with Crippen LogP contribution in [0.3, 0.4) is 0 Å². The maximum atomic E-state index is 5.90. The molecule has 2 aromatic rings. The maximum Gasteiger partial charge on any atom is 0.0587 e. The lowest BCUT2D eigenvalue weighted by molar-refractivity contribution is 0.199. The summed E-state index contributed by atoms with van der Waals surface area (Å²) in [6.45, 7) is 2.39. The second kappa shape index (κ2) is 6.59. The molecule has 0 radical (unpaired) electrons. The topological polar surface area (TPSA) is 26.2 Å². The zero-order valence-electron chi connectivity index (χ0n) is 10.4. The van der Waals surface area contributed by atoms with Crippen LogP contribution in [0.5, 0.6) is 0 Å². The Balaban J connectivity index is 2.05. The number of methoxy groups -OCH3 is 1. The quantitative estimate of drug-likeness (QED) is 0.812. The molecule has 0 spiro atoms. The Morgan fingerprint density at radius 1 is 1.22 bits per heavy atom. The van der Waals surface area contributed by atoms with Gasteiger partial charge in [-0.3, -0.25) is 0 Å². The van der Waals surface area contributed by atoms with Crippen LogP contribution in [0.1, 0.15) is 5.69 Å². The molecule has 2 rings (SSSR count). The Hall–Kier alpha value is -1.29. The summed E-state index contributed by atoms with van der Waals surface area (Å²) in [5, 5.41) is 4.09. The van der Waals surface area contributed by atoms with E-state index in [0.29, 0.717) is 0 Å². The summed E-state index contributed by atoms with van der Waals surface area (Å²) < 4.78 is 7.15. The van der Waals surface area contributed by atoms with Gasteiger partial charge in [0.1, 0.15) is 0 Å². The molecule has 0 aliphatic rings. The van der Waals surface area contributed by atoms with E-state index in [9.17, 15) is 0 Å². The molecular formula is C14H17ClN2O. The molecule has 3 nitrogen and oxygen atoms in total. The van der Waals surface area contributed by atoms with E-state index >= 15 is 0 Å². The Kier molecular flexibility index (Phi) is 4.81. The van der Waals surface area contributed by atoms with Gasteiger partial charge in [0.25, 0.3) is 0 Å². The largest absolute Gasteiger partial charge is 0.383 e. The zero-order valence-corrected chi connectivity index (χ0v) is 11.2. The van der Waals surface area contributed by atoms with Gasteiger partial charge >= 0.3 is 0 Å². The molecule has 1 aromatic carbocycles. The summed E-state index contributed by atoms with van der Waals surface area (Å²) in [6, 6.07) is 12.0. The highest BCUT2D eigenvalue weighted by Gasteiger charge is 2.02. The Labute approximate surface area is 112 Å². The molecule has 4 heteroatoms. The predicted molar refractivity (Wildman–Crippen MR) is 74.4 cm³/mol. The van der Waals surface area contributed by atoms with Crippen molar-refractivity contribution in [3.8, 4) is 5.69 Å². The third kappa shape index (κ3) is 3.35. The number of aromatic nitrogens is 1. The molecule has 0 unspecified atom stereocenters. The van der Waals surface area contributed by atoms with E-state index in [-0.39, 0.29) is 0 Å². The van der Waals surface area contributed by atoms with Crippen molar-refractivity contribution in [1.82, 2.24) is 9.88 Å². The molecule has 96 valence electrons. The Morgan fingerprint density at radius 2 is 2.00 bits per heavy atom. The summed E-state index contributed by atoms with van der Waals surface area (Å²) in [4.78, 5) is 0. The molecule has 0 saturated carbocycles. The summed E-state index contributed by atoms with van der Waals surface area (Å²) >= 11 is 5.90. The van der Waals surface area contributed by atoms with Crippen LogP contribution in [-0.4, -0.2) is 24.8 Å². The number of halogens is 1. The van der Waals surface area contributed by atoms with E-state index in [1.54, 1.807) is 7.11 Å². The molecule has 0 saturated heterocycles. The monoisotopic (exact) mass is 264 g/mol. The third-order valence-corrected chi connectivity index (χ3v) is 2.98. The third-order valence-electron chi connectivity index (χ3n) is 2.73. The van der Waals surface area contributed by atoms with Crippen molar-refractivity contribution >= 4 is 11.6 Å². The second-order valence-corrected chi connectivity index (χ2v) is 4.45. The molecule has 0 fully saturated rings. The first-order valence-electron chi connectivity index (χ1n) is 5.93. The van der Waals surface area contributed by atoms with Crippen LogP contribution in [0.15, 0.2) is 42.6 Å². The van der Waals surface area contributed by atoms with Crippen LogP contribution in [0, 0.1) is 0 Å². The van der Waals surface area contributed by atoms with Crippen molar-refractivity contribution < 1.29 is 4.74 Å². The first-order chi connectivity index (χ1) is 8.81. The normalized spacial score (nSPS) is 10.8. The smallest absolute Gasteiger partial charge is 0.0587 e. The first-order valence-corrected chi connectivity index (χ1v) is 6.31. The molecule has 1 N–H and O–H groups in total. The standard InChI is InChI=1S/C14H17ClN2O/c1-18-10-8-16-11-14-3-2-9-17(14)13-6-4-12(15)5-7-13/h2-7,9,16H,8,10-11H2,1H3. The van der Waals surface area contributed by atoms with Gasteiger partial charge in [-0.1, -0.05) is 11.6 Å². The van der Waals surface area contributed by atoms with Crippen molar-refractivity contribution in [3.05, 3.63) is 53.3 Å². The molecular weight excluding hydrogens is 248 g/mol. The van der Waals surface area contributed by atoms with Crippen molar-refractivity contribution in [2.45, 2.75) is 6.54 Å². The van der Waals surface area contributed by atoms with Crippen molar-refractivity contribution in [3.63, 3.8) is 0 Å². The van der Waals surface area contributed by atoms with Crippen LogP contribution in [-0.2, 0) is 11.3 Å². The fourth-order valence-electron chi connectivity index (χ4n) is 1.80. The van der Waals surface area contributed by atoms with Gasteiger partial charge in [-0.15, -0.1) is 0 Å². The summed E-state index contributed by atoms with van der Waals surface area (Å²) in [5.74, 6) is 0. The average Bonchev–Trinajstić information content (AvgIpc) is 2.84. The summed E-state index contributed by atoms with van der Waals surface area (Å²) in [5.41, 5.74) is 2.33. The van der Waals surface area contributed by atoms with Crippen molar-refractivity contribution in [1.29, 1.82) is 0 Å². The minimum atomic E-state index is 0.724. The number of benzene rings is 1. The molecule has 0 aliphatic carbocycles. The van der Waals surface area contributed by atoms with E-state index in [1.165, 1.54) is 5.69 Å². The molecule has 0 atom stereocenters. The fourth-order valence-corrected chi connectivity index (χ4v) is 1.93. The molecule has 0 amide bonds. The highest BCUT2D eigenvalue weighted by molar-refractivity contribution is 6.30. The van der Waals surface area contributed by atoms with Gasteiger partial charge in [0, 0.05) is 42.8 Å². The zero-order chi connectivity index (χ0) is 12.8. The van der Waals surface area contributed by atoms with Crippen molar-refractivity contribution in [2.75, 3.05) is 20.3 Å². The fraction of sp³-hybridized carbons (Fsp3) is 0.286. The van der Waals surface area contributed by atoms with Gasteiger partial charge in [-0.2, -0.15) is 0 Å². The highest BCUT2D eigenvalue weighted by Crippen LogP contribution is 2.16. The van der Waals surface area contributed by atoms with Gasteiger partial charge in [0.05, 0.1) is 6.61 Å². The molecule has 0 bridgehead atoms. The molecule has 18 heavy (non-hydrogen) atoms. The Morgan fingerprint density at radius 3 is 2.72 bits per heavy atom. The van der Waals surface area contributed by atoms with Crippen LogP contribution in [0.4, 0.5) is 0 Å². The van der Waals surface area contributed by atoms with Crippen molar-refractivity contribution in [2.24, 2.45) is 0 Å². The average molecular weight is 265 g/mol. The SMILES string of the molecule is COCCNCc1cccn1-c1ccc(Cl)cc1. The lowest BCUT2D eigenvalue weighted by Crippen LogP contribution is -2.20. The van der Waals surface area contributed by atoms with Gasteiger partial charge in [0.15, 0.2) is 0 Å². The molecule has 1 heterocycles. The number of hydrogen-bond donors (Lipinski definition) is 1. The van der Waals surface area contributed by atoms with E-state index in [0.717, 1.165) is 30.4 Å². The molecule has 0 aliphatic heterocycles. The van der Waals surface area contributed by atoms with Gasteiger partial charge in [0.2, 0.25) is 0 Å². The van der Waals surface area contributed by atoms with E-state index < -0.39 is 0 Å². The van der Waals surface area contributed by atoms with Gasteiger partial charge in [-0.05, 0) is 36.4 Å². The predicted octanol–water partition coefficient (Wildman–Crippen LogP) is 2.87. The lowest BCUT2D eigenvalue weighted by Gasteiger charge is -2.10. The van der Waals surface area contributed by atoms with E-state index in [2.05, 4.69) is 22.1 Å². The van der Waals surface area contributed by atoms with E-state index in [4.69, 9.17) is 16.3 Å². The van der Waals surface area contributed by atoms with E-state index in [1.807, 2.05) is 30.3 Å². The maximum absolute atomic E-state index is 5.90. The number of ether oxygens (including phenoxy) is 1. The minimum absolute atomic E-state index is 0.724. The number of rotatable bonds is 6. The minimum Gasteiger partial charge on any atom is -0.383 e. The van der Waals surface area contributed by atoms with Crippen LogP contribution in [0.25, 0.3) is 5.69 Å². The highest BCUT2D eigenvalue weighted by atomic mass is 35.5. The number of nitrogens with one attached hydrogen (secondary N) is 1. The Bertz CT molecular complexity index is 479. The molecule has 1 aromatic heterocycles. The second-order valence-electron chi connectivity index (χ2n) is 4.02. The lowest BCUT2D eigenvalue weighted by atomic mass is 10.3. The number of nitrogens with zero attached hydrogens (tertiary/aromatic N) is 1. The van der Waals surface area contributed by atoms with Crippen LogP contribution in [0.2, 0.25) is 5.02 Å². The first kappa shape index (κ1) is 13.1. The summed E-state index contributed by atoms with van der Waals surface area (Å²) in [6.07, 6.45) is 2.05. The summed E-state index contributed by atoms with van der Waals surface area (Å²) in [7, 11) is 1.71. The van der Waals surface area contributed by atoms with Crippen LogP contribution < -0.4 is 5.32 Å². The van der Waals surface area contributed by atoms with Gasteiger partial charge in [-0.25, -0.2) is 0 Å². The number of hydrogen-bond acceptors (Lipinski definition) is 2. The van der Waals surface area contributed by atoms with Crippen LogP contribution >= 0.6 is 11.6 Å².